The van der Waals surface area contributed by atoms with Crippen LogP contribution in [-0.4, -0.2) is 17.0 Å². The van der Waals surface area contributed by atoms with Crippen molar-refractivity contribution in [3.05, 3.63) is 35.1 Å². The molecule has 1 aliphatic rings. The summed E-state index contributed by atoms with van der Waals surface area (Å²) in [7, 11) is 0. The van der Waals surface area contributed by atoms with Crippen molar-refractivity contribution in [1.29, 1.82) is 5.26 Å². The van der Waals surface area contributed by atoms with Gasteiger partial charge in [-0.05, 0) is 43.2 Å². The fourth-order valence-electron chi connectivity index (χ4n) is 2.55. The third-order valence-corrected chi connectivity index (χ3v) is 4.78. The summed E-state index contributed by atoms with van der Waals surface area (Å²) in [4.78, 5) is 0. The second-order valence-corrected chi connectivity index (χ2v) is 6.46. The number of hydrogen-bond donors (Lipinski definition) is 1. The van der Waals surface area contributed by atoms with Crippen LogP contribution in [0.25, 0.3) is 0 Å². The van der Waals surface area contributed by atoms with Gasteiger partial charge in [0.25, 0.3) is 0 Å². The number of nitrogens with zero attached hydrogens (tertiary/aromatic N) is 1. The summed E-state index contributed by atoms with van der Waals surface area (Å²) < 4.78 is 13.6. The maximum absolute atomic E-state index is 13.6. The zero-order chi connectivity index (χ0) is 13.7. The molecule has 19 heavy (non-hydrogen) atoms. The lowest BCUT2D eigenvalue weighted by Gasteiger charge is -2.13. The highest BCUT2D eigenvalue weighted by atomic mass is 32.2. The maximum atomic E-state index is 13.6. The van der Waals surface area contributed by atoms with Crippen molar-refractivity contribution in [3.8, 4) is 6.07 Å². The van der Waals surface area contributed by atoms with Crippen molar-refractivity contribution in [2.24, 2.45) is 0 Å². The maximum Gasteiger partial charge on any atom is 0.127 e. The molecule has 4 heteroatoms. The molecule has 1 aromatic carbocycles. The highest BCUT2D eigenvalue weighted by Gasteiger charge is 2.24. The van der Waals surface area contributed by atoms with E-state index in [0.29, 0.717) is 23.7 Å². The molecule has 1 N–H and O–H groups in total. The smallest absolute Gasteiger partial charge is 0.127 e. The molecule has 1 aromatic rings. The van der Waals surface area contributed by atoms with E-state index in [4.69, 9.17) is 5.26 Å². The van der Waals surface area contributed by atoms with Gasteiger partial charge in [-0.15, -0.1) is 0 Å². The van der Waals surface area contributed by atoms with Crippen molar-refractivity contribution in [3.63, 3.8) is 0 Å². The molecule has 0 aromatic heterocycles. The zero-order valence-corrected chi connectivity index (χ0v) is 12.0. The molecule has 0 bridgehead atoms. The van der Waals surface area contributed by atoms with Crippen LogP contribution in [0.15, 0.2) is 18.2 Å². The van der Waals surface area contributed by atoms with Crippen LogP contribution < -0.4 is 5.32 Å². The third-order valence-electron chi connectivity index (χ3n) is 3.54. The van der Waals surface area contributed by atoms with Gasteiger partial charge in [-0.3, -0.25) is 0 Å². The Hall–Kier alpha value is -1.05. The molecular weight excluding hydrogens is 259 g/mol. The summed E-state index contributed by atoms with van der Waals surface area (Å²) in [6.45, 7) is 2.70. The molecule has 0 radical (unpaired) electrons. The minimum Gasteiger partial charge on any atom is -0.310 e. The molecule has 0 spiro atoms. The van der Waals surface area contributed by atoms with Gasteiger partial charge in [-0.2, -0.15) is 17.0 Å². The van der Waals surface area contributed by atoms with Gasteiger partial charge < -0.3 is 5.32 Å². The number of thioether (sulfide) groups is 1. The Bertz CT molecular complexity index is 470. The molecule has 2 unspecified atom stereocenters. The number of halogens is 1. The van der Waals surface area contributed by atoms with E-state index < -0.39 is 0 Å². The molecule has 0 heterocycles. The summed E-state index contributed by atoms with van der Waals surface area (Å²) in [5.41, 5.74) is 1.11. The van der Waals surface area contributed by atoms with Crippen molar-refractivity contribution in [2.75, 3.05) is 5.75 Å². The monoisotopic (exact) mass is 278 g/mol. The van der Waals surface area contributed by atoms with Crippen LogP contribution in [0, 0.1) is 17.1 Å². The lowest BCUT2D eigenvalue weighted by Crippen LogP contribution is -2.26. The molecule has 0 saturated heterocycles. The normalized spacial score (nSPS) is 22.4. The third kappa shape index (κ3) is 3.95. The summed E-state index contributed by atoms with van der Waals surface area (Å²) in [5.74, 6) is 0.931. The number of benzene rings is 1. The second kappa shape index (κ2) is 6.93. The van der Waals surface area contributed by atoms with Gasteiger partial charge in [-0.25, -0.2) is 4.39 Å². The minimum atomic E-state index is -0.232. The first-order valence-electron chi connectivity index (χ1n) is 6.76. The highest BCUT2D eigenvalue weighted by Crippen LogP contribution is 2.29. The first kappa shape index (κ1) is 14.4. The van der Waals surface area contributed by atoms with Crippen LogP contribution in [0.5, 0.6) is 0 Å². The van der Waals surface area contributed by atoms with Gasteiger partial charge in [0.15, 0.2) is 0 Å². The predicted octanol–water partition coefficient (Wildman–Crippen LogP) is 3.46. The van der Waals surface area contributed by atoms with Gasteiger partial charge in [0.1, 0.15) is 5.82 Å². The van der Waals surface area contributed by atoms with Crippen molar-refractivity contribution >= 4 is 11.8 Å². The van der Waals surface area contributed by atoms with Crippen LogP contribution in [0.1, 0.15) is 37.3 Å². The summed E-state index contributed by atoms with van der Waals surface area (Å²) in [6, 6.07) is 7.05. The van der Waals surface area contributed by atoms with Crippen molar-refractivity contribution in [2.45, 2.75) is 44.0 Å². The van der Waals surface area contributed by atoms with Crippen LogP contribution in [-0.2, 0) is 6.54 Å². The minimum absolute atomic E-state index is 0.232. The van der Waals surface area contributed by atoms with Crippen LogP contribution in [0.3, 0.4) is 0 Å². The predicted molar refractivity (Wildman–Crippen MR) is 77.5 cm³/mol. The first-order valence-corrected chi connectivity index (χ1v) is 7.81. The Balaban J connectivity index is 1.88. The average Bonchev–Trinajstić information content (AvgIpc) is 2.86. The Morgan fingerprint density at radius 2 is 2.32 bits per heavy atom. The van der Waals surface area contributed by atoms with E-state index in [9.17, 15) is 4.39 Å². The number of nitriles is 1. The zero-order valence-electron chi connectivity index (χ0n) is 11.2. The van der Waals surface area contributed by atoms with E-state index in [-0.39, 0.29) is 5.82 Å². The topological polar surface area (TPSA) is 35.8 Å². The van der Waals surface area contributed by atoms with E-state index in [1.54, 1.807) is 6.07 Å². The van der Waals surface area contributed by atoms with Crippen LogP contribution >= 0.6 is 11.8 Å². The van der Waals surface area contributed by atoms with Crippen molar-refractivity contribution in [1.82, 2.24) is 5.32 Å². The van der Waals surface area contributed by atoms with E-state index in [1.165, 1.54) is 18.6 Å². The average molecular weight is 278 g/mol. The van der Waals surface area contributed by atoms with Crippen LogP contribution in [0.4, 0.5) is 4.39 Å². The Morgan fingerprint density at radius 3 is 3.05 bits per heavy atom. The molecule has 0 amide bonds. The molecular formula is C15H19FN2S. The molecule has 1 saturated carbocycles. The van der Waals surface area contributed by atoms with E-state index >= 15 is 0 Å². The van der Waals surface area contributed by atoms with Gasteiger partial charge >= 0.3 is 0 Å². The Labute approximate surface area is 118 Å². The number of nitrogens with one attached hydrogen (secondary N) is 1. The first-order chi connectivity index (χ1) is 9.22. The molecule has 1 aliphatic carbocycles. The Morgan fingerprint density at radius 1 is 1.47 bits per heavy atom. The molecule has 2 atom stereocenters. The summed E-state index contributed by atoms with van der Waals surface area (Å²) in [5, 5.41) is 13.0. The molecule has 1 fully saturated rings. The number of rotatable bonds is 5. The van der Waals surface area contributed by atoms with Gasteiger partial charge in [-0.1, -0.05) is 6.92 Å². The lowest BCUT2D eigenvalue weighted by molar-refractivity contribution is 0.509. The van der Waals surface area contributed by atoms with Gasteiger partial charge in [0.2, 0.25) is 0 Å². The van der Waals surface area contributed by atoms with Gasteiger partial charge in [0, 0.05) is 23.4 Å². The van der Waals surface area contributed by atoms with E-state index in [0.717, 1.165) is 23.8 Å². The molecule has 0 aliphatic heterocycles. The second-order valence-electron chi connectivity index (χ2n) is 4.89. The fraction of sp³-hybridized carbons (Fsp3) is 0.533. The summed E-state index contributed by atoms with van der Waals surface area (Å²) in [6.07, 6.45) is 3.58. The largest absolute Gasteiger partial charge is 0.310 e. The lowest BCUT2D eigenvalue weighted by atomic mass is 10.1. The molecule has 2 nitrogen and oxygen atoms in total. The molecule has 102 valence electrons. The van der Waals surface area contributed by atoms with Crippen LogP contribution in [0.2, 0.25) is 0 Å². The molecule has 2 rings (SSSR count). The Kier molecular flexibility index (Phi) is 5.24. The fourth-order valence-corrected chi connectivity index (χ4v) is 3.69. The SMILES string of the molecule is CCSC1CCC(NCc2cc(C#N)ccc2F)C1. The van der Waals surface area contributed by atoms with Crippen molar-refractivity contribution < 1.29 is 4.39 Å². The summed E-state index contributed by atoms with van der Waals surface area (Å²) >= 11 is 2.02. The van der Waals surface area contributed by atoms with E-state index in [1.807, 2.05) is 17.8 Å². The van der Waals surface area contributed by atoms with Gasteiger partial charge in [0.05, 0.1) is 11.6 Å². The standard InChI is InChI=1S/C15H19FN2S/c1-2-19-14-5-4-13(8-14)18-10-12-7-11(9-17)3-6-15(12)16/h3,6-7,13-14,18H,2,4-5,8,10H2,1H3. The highest BCUT2D eigenvalue weighted by molar-refractivity contribution is 7.99. The number of hydrogen-bond acceptors (Lipinski definition) is 3. The van der Waals surface area contributed by atoms with E-state index in [2.05, 4.69) is 12.2 Å². The quantitative estimate of drug-likeness (QED) is 0.896.